The van der Waals surface area contributed by atoms with E-state index in [0.717, 1.165) is 11.3 Å². The van der Waals surface area contributed by atoms with E-state index in [1.54, 1.807) is 11.4 Å². The molecule has 0 amide bonds. The van der Waals surface area contributed by atoms with Gasteiger partial charge in [0.05, 0.1) is 6.54 Å². The minimum atomic E-state index is -0.393. The van der Waals surface area contributed by atoms with Gasteiger partial charge >= 0.3 is 5.69 Å². The first-order valence-electron chi connectivity index (χ1n) is 8.85. The number of benzene rings is 1. The summed E-state index contributed by atoms with van der Waals surface area (Å²) in [6.45, 7) is 2.81. The fraction of sp³-hybridized carbons (Fsp3) is 0.316. The number of rotatable bonds is 5. The van der Waals surface area contributed by atoms with Crippen molar-refractivity contribution in [3.8, 4) is 0 Å². The molecular formula is C19H21N5O3. The Labute approximate surface area is 154 Å². The standard InChI is InChI=1S/C19H21N5O3/c1-13-11-23-15-16(20-18(23)22(13)9-6-10-25)21(2)19(27)24(17(15)26)12-14-7-4-3-5-8-14/h3-5,7-8,11,25H,6,9-10,12H2,1-2H3. The molecule has 4 rings (SSSR count). The summed E-state index contributed by atoms with van der Waals surface area (Å²) in [7, 11) is 1.63. The van der Waals surface area contributed by atoms with Crippen LogP contribution >= 0.6 is 0 Å². The molecule has 0 saturated carbocycles. The zero-order valence-corrected chi connectivity index (χ0v) is 15.3. The van der Waals surface area contributed by atoms with E-state index in [2.05, 4.69) is 4.98 Å². The second-order valence-corrected chi connectivity index (χ2v) is 6.67. The molecule has 8 nitrogen and oxygen atoms in total. The van der Waals surface area contributed by atoms with Crippen molar-refractivity contribution in [2.45, 2.75) is 26.4 Å². The summed E-state index contributed by atoms with van der Waals surface area (Å²) in [5.41, 5.74) is 1.82. The SMILES string of the molecule is Cc1cn2c3c(=O)n(Cc4ccccc4)c(=O)n(C)c3nc2n1CCCO. The molecule has 0 saturated heterocycles. The molecule has 0 atom stereocenters. The Morgan fingerprint density at radius 1 is 1.11 bits per heavy atom. The van der Waals surface area contributed by atoms with Gasteiger partial charge < -0.3 is 9.67 Å². The Balaban J connectivity index is 1.98. The molecule has 0 spiro atoms. The van der Waals surface area contributed by atoms with Gasteiger partial charge in [0.25, 0.3) is 5.56 Å². The lowest BCUT2D eigenvalue weighted by atomic mass is 10.2. The molecule has 1 N–H and O–H groups in total. The van der Waals surface area contributed by atoms with E-state index in [0.29, 0.717) is 29.9 Å². The van der Waals surface area contributed by atoms with Crippen molar-refractivity contribution in [2.75, 3.05) is 6.61 Å². The van der Waals surface area contributed by atoms with Crippen LogP contribution in [0.2, 0.25) is 0 Å². The van der Waals surface area contributed by atoms with Gasteiger partial charge in [-0.15, -0.1) is 0 Å². The largest absolute Gasteiger partial charge is 0.396 e. The average Bonchev–Trinajstić information content (AvgIpc) is 3.18. The normalized spacial score (nSPS) is 11.7. The summed E-state index contributed by atoms with van der Waals surface area (Å²) in [6, 6.07) is 9.43. The third-order valence-corrected chi connectivity index (χ3v) is 4.86. The van der Waals surface area contributed by atoms with Gasteiger partial charge in [-0.3, -0.25) is 18.3 Å². The van der Waals surface area contributed by atoms with Crippen molar-refractivity contribution in [2.24, 2.45) is 7.05 Å². The van der Waals surface area contributed by atoms with Crippen LogP contribution in [-0.2, 0) is 20.1 Å². The molecular weight excluding hydrogens is 346 g/mol. The summed E-state index contributed by atoms with van der Waals surface area (Å²) in [5, 5.41) is 9.13. The van der Waals surface area contributed by atoms with Crippen molar-refractivity contribution in [1.82, 2.24) is 23.1 Å². The molecule has 4 aromatic rings. The van der Waals surface area contributed by atoms with Gasteiger partial charge in [0.1, 0.15) is 0 Å². The highest BCUT2D eigenvalue weighted by molar-refractivity contribution is 5.75. The molecule has 0 aliphatic rings. The molecule has 1 aromatic carbocycles. The fourth-order valence-electron chi connectivity index (χ4n) is 3.47. The smallest absolute Gasteiger partial charge is 0.332 e. The third-order valence-electron chi connectivity index (χ3n) is 4.86. The number of fused-ring (bicyclic) bond motifs is 3. The molecule has 140 valence electrons. The molecule has 0 bridgehead atoms. The van der Waals surface area contributed by atoms with Crippen LogP contribution in [0.5, 0.6) is 0 Å². The summed E-state index contributed by atoms with van der Waals surface area (Å²) in [6.07, 6.45) is 2.44. The van der Waals surface area contributed by atoms with Crippen LogP contribution in [-0.4, -0.2) is 34.8 Å². The van der Waals surface area contributed by atoms with Crippen molar-refractivity contribution in [3.63, 3.8) is 0 Å². The maximum Gasteiger partial charge on any atom is 0.332 e. The Morgan fingerprint density at radius 3 is 2.56 bits per heavy atom. The average molecular weight is 367 g/mol. The zero-order chi connectivity index (χ0) is 19.1. The Kier molecular flexibility index (Phi) is 4.19. The number of aliphatic hydroxyl groups excluding tert-OH is 1. The number of nitrogens with zero attached hydrogens (tertiary/aromatic N) is 5. The van der Waals surface area contributed by atoms with E-state index in [9.17, 15) is 9.59 Å². The second-order valence-electron chi connectivity index (χ2n) is 6.67. The van der Waals surface area contributed by atoms with Crippen LogP contribution < -0.4 is 11.2 Å². The van der Waals surface area contributed by atoms with Gasteiger partial charge in [0.15, 0.2) is 11.2 Å². The summed E-state index contributed by atoms with van der Waals surface area (Å²) in [4.78, 5) is 30.5. The van der Waals surface area contributed by atoms with E-state index < -0.39 is 5.69 Å². The molecule has 0 unspecified atom stereocenters. The molecule has 0 radical (unpaired) electrons. The lowest BCUT2D eigenvalue weighted by Gasteiger charge is -2.08. The lowest BCUT2D eigenvalue weighted by Crippen LogP contribution is -2.39. The molecule has 0 aliphatic carbocycles. The van der Waals surface area contributed by atoms with Gasteiger partial charge in [-0.1, -0.05) is 30.3 Å². The van der Waals surface area contributed by atoms with Crippen molar-refractivity contribution >= 4 is 16.9 Å². The first kappa shape index (κ1) is 17.3. The first-order valence-corrected chi connectivity index (χ1v) is 8.85. The molecule has 8 heteroatoms. The number of imidazole rings is 2. The minimum absolute atomic E-state index is 0.0758. The Morgan fingerprint density at radius 2 is 1.85 bits per heavy atom. The van der Waals surface area contributed by atoms with Crippen LogP contribution in [0, 0.1) is 6.92 Å². The first-order chi connectivity index (χ1) is 13.0. The monoisotopic (exact) mass is 367 g/mol. The van der Waals surface area contributed by atoms with E-state index in [1.807, 2.05) is 48.0 Å². The zero-order valence-electron chi connectivity index (χ0n) is 15.3. The maximum atomic E-state index is 13.2. The molecule has 3 aromatic heterocycles. The van der Waals surface area contributed by atoms with E-state index >= 15 is 0 Å². The van der Waals surface area contributed by atoms with E-state index in [1.165, 1.54) is 9.13 Å². The molecule has 3 heterocycles. The van der Waals surface area contributed by atoms with Crippen LogP contribution in [0.4, 0.5) is 0 Å². The second kappa shape index (κ2) is 6.55. The van der Waals surface area contributed by atoms with Gasteiger partial charge in [0.2, 0.25) is 5.78 Å². The third kappa shape index (κ3) is 2.69. The van der Waals surface area contributed by atoms with Crippen molar-refractivity contribution in [1.29, 1.82) is 0 Å². The van der Waals surface area contributed by atoms with Crippen molar-refractivity contribution in [3.05, 3.63) is 68.6 Å². The quantitative estimate of drug-likeness (QED) is 0.568. The van der Waals surface area contributed by atoms with E-state index in [-0.39, 0.29) is 18.7 Å². The molecule has 27 heavy (non-hydrogen) atoms. The molecule has 0 fully saturated rings. The van der Waals surface area contributed by atoms with Gasteiger partial charge in [-0.2, -0.15) is 4.98 Å². The highest BCUT2D eigenvalue weighted by Crippen LogP contribution is 2.16. The number of aromatic nitrogens is 5. The van der Waals surface area contributed by atoms with Crippen LogP contribution in [0.25, 0.3) is 16.9 Å². The number of hydrogen-bond donors (Lipinski definition) is 1. The van der Waals surface area contributed by atoms with Crippen LogP contribution in [0.3, 0.4) is 0 Å². The van der Waals surface area contributed by atoms with Gasteiger partial charge in [0, 0.05) is 32.1 Å². The Bertz CT molecular complexity index is 1240. The predicted octanol–water partition coefficient (Wildman–Crippen LogP) is 0.889. The van der Waals surface area contributed by atoms with Crippen LogP contribution in [0.15, 0.2) is 46.1 Å². The summed E-state index contributed by atoms with van der Waals surface area (Å²) in [5.74, 6) is 0.598. The predicted molar refractivity (Wildman–Crippen MR) is 102 cm³/mol. The number of aryl methyl sites for hydroxylation is 3. The lowest BCUT2D eigenvalue weighted by molar-refractivity contribution is 0.280. The number of hydrogen-bond acceptors (Lipinski definition) is 4. The van der Waals surface area contributed by atoms with E-state index in [4.69, 9.17) is 5.11 Å². The minimum Gasteiger partial charge on any atom is -0.396 e. The van der Waals surface area contributed by atoms with Gasteiger partial charge in [-0.05, 0) is 18.9 Å². The van der Waals surface area contributed by atoms with Gasteiger partial charge in [-0.25, -0.2) is 4.79 Å². The topological polar surface area (TPSA) is 86.5 Å². The summed E-state index contributed by atoms with van der Waals surface area (Å²) >= 11 is 0. The highest BCUT2D eigenvalue weighted by Gasteiger charge is 2.20. The van der Waals surface area contributed by atoms with Crippen LogP contribution in [0.1, 0.15) is 17.7 Å². The fourth-order valence-corrected chi connectivity index (χ4v) is 3.47. The number of aliphatic hydroxyl groups is 1. The van der Waals surface area contributed by atoms with Crippen molar-refractivity contribution < 1.29 is 5.11 Å². The highest BCUT2D eigenvalue weighted by atomic mass is 16.3. The molecule has 0 aliphatic heterocycles. The maximum absolute atomic E-state index is 13.2. The Hall–Kier alpha value is -3.13. The summed E-state index contributed by atoms with van der Waals surface area (Å²) < 4.78 is 6.34.